The number of ether oxygens (including phenoxy) is 1. The van der Waals surface area contributed by atoms with Crippen LogP contribution in [0.15, 0.2) is 29.1 Å². The first-order chi connectivity index (χ1) is 16.8. The van der Waals surface area contributed by atoms with Crippen LogP contribution in [-0.2, 0) is 30.4 Å². The molecular formula is C25H29BN2O6W. The summed E-state index contributed by atoms with van der Waals surface area (Å²) in [6.07, 6.45) is 6.77. The molecule has 2 aliphatic heterocycles. The van der Waals surface area contributed by atoms with Crippen LogP contribution >= 0.6 is 0 Å². The molecule has 0 amide bonds. The molecule has 1 aromatic heterocycles. The first kappa shape index (κ1) is 25.8. The molecule has 1 aromatic carbocycles. The molecule has 2 aromatic rings. The van der Waals surface area contributed by atoms with Gasteiger partial charge in [-0.3, -0.25) is 0 Å². The Bertz CT molecular complexity index is 1260. The average Bonchev–Trinajstić information content (AvgIpc) is 3.13. The third-order valence-electron chi connectivity index (χ3n) is 6.54. The van der Waals surface area contributed by atoms with E-state index in [9.17, 15) is 19.7 Å². The molecule has 0 spiro atoms. The zero-order valence-corrected chi connectivity index (χ0v) is 22.8. The number of fused-ring (bicyclic) bond motifs is 2. The number of benzene rings is 1. The van der Waals surface area contributed by atoms with Gasteiger partial charge in [0.1, 0.15) is 0 Å². The molecule has 0 aliphatic carbocycles. The number of unbranched alkanes of at least 4 members (excludes halogenated alkanes) is 2. The van der Waals surface area contributed by atoms with Crippen molar-refractivity contribution in [3.63, 3.8) is 0 Å². The molecule has 2 unspecified atom stereocenters. The summed E-state index contributed by atoms with van der Waals surface area (Å²) in [5, 5.41) is 19.8. The fraction of sp³-hybridized carbons (Fsp3) is 0.400. The zero-order chi connectivity index (χ0) is 25.3. The van der Waals surface area contributed by atoms with Gasteiger partial charge < -0.3 is 15.4 Å². The van der Waals surface area contributed by atoms with E-state index in [0.29, 0.717) is 42.0 Å². The minimum atomic E-state index is -1.15. The molecule has 10 heteroatoms. The van der Waals surface area contributed by atoms with Crippen molar-refractivity contribution < 1.29 is 43.7 Å². The molecule has 8 nitrogen and oxygen atoms in total. The fourth-order valence-electron chi connectivity index (χ4n) is 4.90. The van der Waals surface area contributed by atoms with Crippen molar-refractivity contribution in [1.82, 2.24) is 4.57 Å². The number of carbonyl (C=O) groups is 1. The van der Waals surface area contributed by atoms with Gasteiger partial charge >= 0.3 is 170 Å². The third kappa shape index (κ3) is 4.87. The van der Waals surface area contributed by atoms with Crippen molar-refractivity contribution >= 4 is 28.5 Å². The van der Waals surface area contributed by atoms with Gasteiger partial charge in [-0.05, 0) is 5.56 Å². The van der Waals surface area contributed by atoms with E-state index in [4.69, 9.17) is 15.1 Å². The summed E-state index contributed by atoms with van der Waals surface area (Å²) in [4.78, 5) is 24.7. The fourth-order valence-corrected chi connectivity index (χ4v) is 5.61. The molecule has 0 saturated carbocycles. The predicted octanol–water partition coefficient (Wildman–Crippen LogP) is 1.73. The number of pyridine rings is 1. The van der Waals surface area contributed by atoms with Gasteiger partial charge in [0.25, 0.3) is 0 Å². The van der Waals surface area contributed by atoms with Crippen LogP contribution in [0.25, 0.3) is 6.08 Å². The Hall–Kier alpha value is -2.32. The summed E-state index contributed by atoms with van der Waals surface area (Å²) in [7, 11) is -1.02. The minimum absolute atomic E-state index is 0.0892. The van der Waals surface area contributed by atoms with Crippen LogP contribution < -0.4 is 21.4 Å². The van der Waals surface area contributed by atoms with Crippen LogP contribution in [-0.4, -0.2) is 44.8 Å². The van der Waals surface area contributed by atoms with Gasteiger partial charge in [-0.25, -0.2) is 0 Å². The van der Waals surface area contributed by atoms with Gasteiger partial charge in [-0.15, -0.1) is 0 Å². The Morgan fingerprint density at radius 2 is 2.14 bits per heavy atom. The van der Waals surface area contributed by atoms with Crippen molar-refractivity contribution in [2.75, 3.05) is 13.2 Å². The second-order valence-corrected chi connectivity index (χ2v) is 11.1. The van der Waals surface area contributed by atoms with Crippen molar-refractivity contribution in [1.29, 1.82) is 0 Å². The third-order valence-corrected chi connectivity index (χ3v) is 7.28. The van der Waals surface area contributed by atoms with E-state index in [2.05, 4.69) is 0 Å². The maximum absolute atomic E-state index is 13.0. The number of hydrogen-bond acceptors (Lipinski definition) is 6. The number of nitrogens with zero attached hydrogens (tertiary/aromatic N) is 1. The molecule has 2 atom stereocenters. The van der Waals surface area contributed by atoms with Crippen molar-refractivity contribution in [3.05, 3.63) is 62.6 Å². The van der Waals surface area contributed by atoms with E-state index in [-0.39, 0.29) is 23.1 Å². The van der Waals surface area contributed by atoms with E-state index in [1.165, 1.54) is 0 Å². The number of carboxylic acids is 1. The molecule has 4 N–H and O–H groups in total. The summed E-state index contributed by atoms with van der Waals surface area (Å²) in [6.45, 7) is 4.71. The molecule has 0 bridgehead atoms. The van der Waals surface area contributed by atoms with E-state index in [0.717, 1.165) is 53.8 Å². The van der Waals surface area contributed by atoms with Gasteiger partial charge in [-0.1, -0.05) is 12.1 Å². The molecule has 2 aliphatic rings. The summed E-state index contributed by atoms with van der Waals surface area (Å²) in [5.41, 5.74) is 8.72. The van der Waals surface area contributed by atoms with Crippen molar-refractivity contribution in [2.24, 2.45) is 5.73 Å². The maximum atomic E-state index is 13.0. The summed E-state index contributed by atoms with van der Waals surface area (Å²) in [5.74, 6) is -0.533. The Morgan fingerprint density at radius 1 is 1.37 bits per heavy atom. The topological polar surface area (TPSA) is 124 Å². The molecule has 35 heavy (non-hydrogen) atoms. The van der Waals surface area contributed by atoms with Crippen molar-refractivity contribution in [2.45, 2.75) is 51.7 Å². The number of rotatable bonds is 10. The Kier molecular flexibility index (Phi) is 7.91. The summed E-state index contributed by atoms with van der Waals surface area (Å²) < 4.78 is 14.3. The predicted molar refractivity (Wildman–Crippen MR) is 131 cm³/mol. The molecule has 3 heterocycles. The number of aromatic nitrogens is 1. The molecule has 184 valence electrons. The van der Waals surface area contributed by atoms with Crippen molar-refractivity contribution in [3.8, 4) is 5.75 Å². The molecule has 0 saturated heterocycles. The van der Waals surface area contributed by atoms with Gasteiger partial charge in [0.2, 0.25) is 0 Å². The van der Waals surface area contributed by atoms with E-state index in [1.54, 1.807) is 0 Å². The number of allylic oxidation sites excluding steroid dienone is 1. The Balaban J connectivity index is 1.39. The zero-order valence-electron chi connectivity index (χ0n) is 19.8. The monoisotopic (exact) mass is 648 g/mol. The van der Waals surface area contributed by atoms with Crippen LogP contribution in [0.4, 0.5) is 0 Å². The van der Waals surface area contributed by atoms with Crippen LogP contribution in [0.2, 0.25) is 0 Å². The SMILES string of the molecule is C[C](=[W])c1c(C=CCCCCOc2cccc3c2B(O)OC3CN)n2c(c(C(=O)O)c1=O)CC2C. The summed E-state index contributed by atoms with van der Waals surface area (Å²) >= 11 is 1.15. The van der Waals surface area contributed by atoms with Crippen LogP contribution in [0, 0.1) is 0 Å². The van der Waals surface area contributed by atoms with E-state index >= 15 is 0 Å². The number of hydrogen-bond donors (Lipinski definition) is 3. The standard InChI is InChI=1S/C25H29BN2O6.W/c1-3-16-18(28-15(2)13-19(28)22(24(16)29)25(30)31)10-6-4-5-7-12-33-20-11-8-9-17-21(14-27)34-26(32)23(17)20;/h6,8-11,15,21,32H,4-5,7,12-14,27H2,1-2H3,(H,30,31);. The number of carboxylic acid groups (broad SMARTS) is 1. The summed E-state index contributed by atoms with van der Waals surface area (Å²) in [6, 6.07) is 5.77. The second kappa shape index (κ2) is 10.7. The number of nitrogens with two attached hydrogens (primary N) is 1. The first-order valence-corrected chi connectivity index (χ1v) is 13.2. The van der Waals surface area contributed by atoms with Gasteiger partial charge in [-0.2, -0.15) is 0 Å². The normalized spacial score (nSPS) is 18.3. The molecule has 0 fully saturated rings. The van der Waals surface area contributed by atoms with Crippen LogP contribution in [0.3, 0.4) is 0 Å². The molecular weight excluding hydrogens is 619 g/mol. The van der Waals surface area contributed by atoms with Gasteiger partial charge in [0.05, 0.1) is 6.10 Å². The quantitative estimate of drug-likeness (QED) is 0.265. The second-order valence-electron chi connectivity index (χ2n) is 8.91. The average molecular weight is 648 g/mol. The van der Waals surface area contributed by atoms with Crippen LogP contribution in [0.5, 0.6) is 5.75 Å². The van der Waals surface area contributed by atoms with Gasteiger partial charge in [0, 0.05) is 6.54 Å². The van der Waals surface area contributed by atoms with E-state index < -0.39 is 13.1 Å². The molecule has 4 rings (SSSR count). The Morgan fingerprint density at radius 3 is 2.80 bits per heavy atom. The first-order valence-electron chi connectivity index (χ1n) is 11.8. The number of aromatic carboxylic acids is 1. The van der Waals surface area contributed by atoms with Gasteiger partial charge in [0.15, 0.2) is 0 Å². The van der Waals surface area contributed by atoms with E-state index in [1.807, 2.05) is 48.8 Å². The Labute approximate surface area is 215 Å². The molecule has 0 radical (unpaired) electrons. The van der Waals surface area contributed by atoms with Crippen LogP contribution in [0.1, 0.15) is 78.1 Å².